The largest absolute Gasteiger partial charge is 0.497 e. The molecule has 2 aromatic rings. The van der Waals surface area contributed by atoms with Gasteiger partial charge in [0.15, 0.2) is 0 Å². The van der Waals surface area contributed by atoms with Gasteiger partial charge in [-0.1, -0.05) is 0 Å². The number of rotatable bonds is 4. The zero-order chi connectivity index (χ0) is 21.5. The van der Waals surface area contributed by atoms with Gasteiger partial charge in [-0.15, -0.1) is 0 Å². The Balaban J connectivity index is 2.17. The topological polar surface area (TPSA) is 115 Å². The van der Waals surface area contributed by atoms with E-state index in [1.54, 1.807) is 18.2 Å². The number of hydrazone groups is 1. The lowest BCUT2D eigenvalue weighted by Crippen LogP contribution is -2.39. The Bertz CT molecular complexity index is 1130. The summed E-state index contributed by atoms with van der Waals surface area (Å²) in [5.74, 6) is 0.240. The number of hydrogen-bond acceptors (Lipinski definition) is 7. The van der Waals surface area contributed by atoms with E-state index in [1.165, 1.54) is 40.2 Å². The van der Waals surface area contributed by atoms with Crippen LogP contribution in [0.1, 0.15) is 30.5 Å². The highest BCUT2D eigenvalue weighted by Crippen LogP contribution is 2.39. The van der Waals surface area contributed by atoms with Gasteiger partial charge in [-0.3, -0.25) is 18.7 Å². The molecule has 1 atom stereocenters. The van der Waals surface area contributed by atoms with Crippen LogP contribution in [0, 0.1) is 0 Å². The lowest BCUT2D eigenvalue weighted by atomic mass is 9.98. The highest BCUT2D eigenvalue weighted by atomic mass is 16.5. The predicted octanol–water partition coefficient (Wildman–Crippen LogP) is 0.504. The first-order chi connectivity index (χ1) is 13.7. The van der Waals surface area contributed by atoms with E-state index in [2.05, 4.69) is 5.10 Å². The van der Waals surface area contributed by atoms with E-state index in [-0.39, 0.29) is 23.6 Å². The van der Waals surface area contributed by atoms with Gasteiger partial charge < -0.3 is 14.6 Å². The lowest BCUT2D eigenvalue weighted by molar-refractivity contribution is -0.130. The zero-order valence-electron chi connectivity index (χ0n) is 16.8. The number of carbonyl (C=O) groups excluding carboxylic acids is 1. The van der Waals surface area contributed by atoms with Crippen LogP contribution in [0.4, 0.5) is 0 Å². The molecule has 1 aromatic carbocycles. The van der Waals surface area contributed by atoms with Crippen molar-refractivity contribution in [3.8, 4) is 17.4 Å². The minimum Gasteiger partial charge on any atom is -0.497 e. The third-order valence-corrected chi connectivity index (χ3v) is 4.95. The first kappa shape index (κ1) is 20.2. The molecule has 0 saturated carbocycles. The average molecular weight is 402 g/mol. The van der Waals surface area contributed by atoms with E-state index < -0.39 is 23.2 Å². The van der Waals surface area contributed by atoms with Gasteiger partial charge in [0.1, 0.15) is 17.1 Å². The number of nitrogens with zero attached hydrogens (tertiary/aromatic N) is 4. The van der Waals surface area contributed by atoms with E-state index in [4.69, 9.17) is 9.47 Å². The van der Waals surface area contributed by atoms with Crippen molar-refractivity contribution in [1.29, 1.82) is 0 Å². The first-order valence-corrected chi connectivity index (χ1v) is 8.79. The van der Waals surface area contributed by atoms with Gasteiger partial charge >= 0.3 is 5.69 Å². The molecule has 0 spiro atoms. The van der Waals surface area contributed by atoms with E-state index in [0.717, 1.165) is 9.13 Å². The predicted molar refractivity (Wildman–Crippen MR) is 105 cm³/mol. The minimum absolute atomic E-state index is 0.120. The standard InChI is InChI=1S/C19H22N4O6/c1-10(24)23-14(12-8-11(28-4)6-7-15(12)29-5)9-13(20-23)16-17(25)21(2)19(27)22(3)18(16)26/h6-8,14,25H,9H2,1-5H3. The molecule has 29 heavy (non-hydrogen) atoms. The first-order valence-electron chi connectivity index (χ1n) is 8.79. The second-order valence-electron chi connectivity index (χ2n) is 6.64. The van der Waals surface area contributed by atoms with Crippen molar-refractivity contribution < 1.29 is 19.4 Å². The van der Waals surface area contributed by atoms with Crippen LogP contribution in [0.15, 0.2) is 32.9 Å². The molecule has 1 aromatic heterocycles. The number of aromatic nitrogens is 2. The summed E-state index contributed by atoms with van der Waals surface area (Å²) in [5.41, 5.74) is -0.633. The second-order valence-corrected chi connectivity index (χ2v) is 6.64. The number of aromatic hydroxyl groups is 1. The van der Waals surface area contributed by atoms with Crippen molar-refractivity contribution in [2.24, 2.45) is 19.2 Å². The van der Waals surface area contributed by atoms with Crippen molar-refractivity contribution in [1.82, 2.24) is 14.1 Å². The van der Waals surface area contributed by atoms with E-state index in [0.29, 0.717) is 17.1 Å². The molecule has 1 aliphatic heterocycles. The number of ether oxygens (including phenoxy) is 2. The smallest absolute Gasteiger partial charge is 0.333 e. The fourth-order valence-corrected chi connectivity index (χ4v) is 3.38. The van der Waals surface area contributed by atoms with Gasteiger partial charge in [0.05, 0.1) is 26.0 Å². The Morgan fingerprint density at radius 1 is 1.17 bits per heavy atom. The van der Waals surface area contributed by atoms with Crippen LogP contribution in [-0.4, -0.2) is 45.1 Å². The molecule has 1 unspecified atom stereocenters. The summed E-state index contributed by atoms with van der Waals surface area (Å²) in [7, 11) is 5.70. The van der Waals surface area contributed by atoms with Crippen molar-refractivity contribution in [2.45, 2.75) is 19.4 Å². The molecular weight excluding hydrogens is 380 g/mol. The number of methoxy groups -OCH3 is 2. The molecule has 0 fully saturated rings. The van der Waals surface area contributed by atoms with Gasteiger partial charge in [-0.05, 0) is 18.2 Å². The molecule has 2 heterocycles. The maximum Gasteiger partial charge on any atom is 0.333 e. The average Bonchev–Trinajstić information content (AvgIpc) is 3.15. The van der Waals surface area contributed by atoms with Crippen molar-refractivity contribution in [2.75, 3.05) is 14.2 Å². The van der Waals surface area contributed by atoms with Gasteiger partial charge in [0, 0.05) is 33.0 Å². The lowest BCUT2D eigenvalue weighted by Gasteiger charge is -2.22. The highest BCUT2D eigenvalue weighted by Gasteiger charge is 2.36. The molecule has 0 radical (unpaired) electrons. The Hall–Kier alpha value is -3.56. The van der Waals surface area contributed by atoms with E-state index >= 15 is 0 Å². The molecule has 0 saturated heterocycles. The number of hydrogen-bond donors (Lipinski definition) is 1. The summed E-state index contributed by atoms with van der Waals surface area (Å²) in [6.45, 7) is 1.35. The summed E-state index contributed by atoms with van der Waals surface area (Å²) >= 11 is 0. The van der Waals surface area contributed by atoms with Crippen LogP contribution < -0.4 is 20.7 Å². The summed E-state index contributed by atoms with van der Waals surface area (Å²) in [4.78, 5) is 36.9. The van der Waals surface area contributed by atoms with Crippen molar-refractivity contribution in [3.05, 3.63) is 50.2 Å². The maximum atomic E-state index is 12.7. The van der Waals surface area contributed by atoms with Crippen LogP contribution >= 0.6 is 0 Å². The van der Waals surface area contributed by atoms with Crippen molar-refractivity contribution >= 4 is 11.6 Å². The molecule has 0 aliphatic carbocycles. The molecule has 0 bridgehead atoms. The summed E-state index contributed by atoms with van der Waals surface area (Å²) in [6, 6.07) is 4.60. The highest BCUT2D eigenvalue weighted by molar-refractivity contribution is 6.04. The molecule has 10 nitrogen and oxygen atoms in total. The molecule has 154 valence electrons. The SMILES string of the molecule is COc1ccc(OC)c(C2CC(c3c(O)n(C)c(=O)n(C)c3=O)=NN2C(C)=O)c1. The number of amides is 1. The van der Waals surface area contributed by atoms with E-state index in [1.807, 2.05) is 0 Å². The van der Waals surface area contributed by atoms with E-state index in [9.17, 15) is 19.5 Å². The van der Waals surface area contributed by atoms with Crippen LogP contribution in [0.3, 0.4) is 0 Å². The normalized spacial score (nSPS) is 16.0. The van der Waals surface area contributed by atoms with Crippen LogP contribution in [0.2, 0.25) is 0 Å². The van der Waals surface area contributed by atoms with Crippen LogP contribution in [0.25, 0.3) is 0 Å². The Labute approximate surface area is 166 Å². The van der Waals surface area contributed by atoms with Crippen molar-refractivity contribution in [3.63, 3.8) is 0 Å². The monoisotopic (exact) mass is 402 g/mol. The second kappa shape index (κ2) is 7.46. The van der Waals surface area contributed by atoms with Gasteiger partial charge in [-0.25, -0.2) is 9.80 Å². The summed E-state index contributed by atoms with van der Waals surface area (Å²) in [5, 5.41) is 16.0. The van der Waals surface area contributed by atoms with Gasteiger partial charge in [0.25, 0.3) is 5.56 Å². The fourth-order valence-electron chi connectivity index (χ4n) is 3.38. The summed E-state index contributed by atoms with van der Waals surface area (Å²) < 4.78 is 12.5. The maximum absolute atomic E-state index is 12.7. The molecular formula is C19H22N4O6. The Morgan fingerprint density at radius 2 is 1.86 bits per heavy atom. The molecule has 1 N–H and O–H groups in total. The Morgan fingerprint density at radius 3 is 2.45 bits per heavy atom. The third-order valence-electron chi connectivity index (χ3n) is 4.95. The molecule has 3 rings (SSSR count). The number of benzene rings is 1. The molecule has 1 amide bonds. The zero-order valence-corrected chi connectivity index (χ0v) is 16.8. The van der Waals surface area contributed by atoms with Crippen LogP contribution in [0.5, 0.6) is 17.4 Å². The van der Waals surface area contributed by atoms with Gasteiger partial charge in [-0.2, -0.15) is 5.10 Å². The Kier molecular flexibility index (Phi) is 5.19. The number of carbonyl (C=O) groups is 1. The van der Waals surface area contributed by atoms with Gasteiger partial charge in [0.2, 0.25) is 11.8 Å². The van der Waals surface area contributed by atoms with Crippen LogP contribution in [-0.2, 0) is 18.9 Å². The third kappa shape index (κ3) is 3.26. The quantitative estimate of drug-likeness (QED) is 0.797. The fraction of sp³-hybridized carbons (Fsp3) is 0.368. The molecule has 1 aliphatic rings. The minimum atomic E-state index is -0.689. The summed E-state index contributed by atoms with van der Waals surface area (Å²) in [6.07, 6.45) is 0.143. The molecule has 10 heteroatoms.